The Bertz CT molecular complexity index is 1110. The summed E-state index contributed by atoms with van der Waals surface area (Å²) in [6, 6.07) is 6.62. The molecule has 0 radical (unpaired) electrons. The standard InChI is InChI=1S/C17H13F2N3O5/c1-2-20(10-3-5-12(18)13(19)7-10)16(23)9-21-14-6-4-11(22(25)26)8-15(14)27-17(21)24/h3-8H,2,9H2,1H3. The third-order valence-electron chi connectivity index (χ3n) is 3.99. The summed E-state index contributed by atoms with van der Waals surface area (Å²) in [4.78, 5) is 36.0. The Hall–Kier alpha value is -3.56. The van der Waals surface area contributed by atoms with Crippen molar-refractivity contribution in [2.75, 3.05) is 11.4 Å². The van der Waals surface area contributed by atoms with Crippen LogP contribution in [0.3, 0.4) is 0 Å². The van der Waals surface area contributed by atoms with Crippen LogP contribution in [0.15, 0.2) is 45.6 Å². The third-order valence-corrected chi connectivity index (χ3v) is 3.99. The second-order valence-electron chi connectivity index (χ2n) is 5.60. The van der Waals surface area contributed by atoms with Crippen molar-refractivity contribution in [3.8, 4) is 0 Å². The van der Waals surface area contributed by atoms with Gasteiger partial charge in [-0.3, -0.25) is 19.5 Å². The molecule has 0 unspecified atom stereocenters. The van der Waals surface area contributed by atoms with Crippen LogP contribution in [-0.2, 0) is 11.3 Å². The van der Waals surface area contributed by atoms with Crippen LogP contribution < -0.4 is 10.7 Å². The molecular weight excluding hydrogens is 364 g/mol. The monoisotopic (exact) mass is 377 g/mol. The Labute approximate surface area is 150 Å². The van der Waals surface area contributed by atoms with Crippen molar-refractivity contribution < 1.29 is 22.9 Å². The predicted octanol–water partition coefficient (Wildman–Crippen LogP) is 2.83. The number of nitro benzene ring substituents is 1. The molecule has 0 atom stereocenters. The molecule has 0 bridgehead atoms. The van der Waals surface area contributed by atoms with Gasteiger partial charge in [0.25, 0.3) is 5.69 Å². The molecule has 0 aliphatic rings. The molecule has 0 N–H and O–H groups in total. The summed E-state index contributed by atoms with van der Waals surface area (Å²) in [6.45, 7) is 1.36. The summed E-state index contributed by atoms with van der Waals surface area (Å²) < 4.78 is 32.5. The van der Waals surface area contributed by atoms with E-state index in [0.29, 0.717) is 0 Å². The quantitative estimate of drug-likeness (QED) is 0.503. The third kappa shape index (κ3) is 3.41. The lowest BCUT2D eigenvalue weighted by Crippen LogP contribution is -2.35. The lowest BCUT2D eigenvalue weighted by atomic mass is 10.2. The molecule has 27 heavy (non-hydrogen) atoms. The molecule has 3 aromatic rings. The number of oxazole rings is 1. The fourth-order valence-corrected chi connectivity index (χ4v) is 2.69. The average Bonchev–Trinajstić information content (AvgIpc) is 2.93. The fraction of sp³-hybridized carbons (Fsp3) is 0.176. The summed E-state index contributed by atoms with van der Waals surface area (Å²) in [6.07, 6.45) is 0. The van der Waals surface area contributed by atoms with Crippen LogP contribution in [0, 0.1) is 21.7 Å². The van der Waals surface area contributed by atoms with Crippen LogP contribution in [0.5, 0.6) is 0 Å². The molecule has 140 valence electrons. The highest BCUT2D eigenvalue weighted by Gasteiger charge is 2.20. The number of amides is 1. The molecule has 8 nitrogen and oxygen atoms in total. The Morgan fingerprint density at radius 2 is 1.96 bits per heavy atom. The first-order valence-corrected chi connectivity index (χ1v) is 7.85. The van der Waals surface area contributed by atoms with E-state index in [0.717, 1.165) is 22.8 Å². The van der Waals surface area contributed by atoms with Gasteiger partial charge in [0.15, 0.2) is 17.2 Å². The van der Waals surface area contributed by atoms with Gasteiger partial charge in [-0.05, 0) is 25.1 Å². The highest BCUT2D eigenvalue weighted by molar-refractivity contribution is 5.94. The molecule has 0 saturated heterocycles. The van der Waals surface area contributed by atoms with E-state index in [4.69, 9.17) is 4.42 Å². The zero-order valence-electron chi connectivity index (χ0n) is 14.0. The van der Waals surface area contributed by atoms with E-state index in [2.05, 4.69) is 0 Å². The zero-order valence-corrected chi connectivity index (χ0v) is 14.0. The number of likely N-dealkylation sites (N-methyl/N-ethyl adjacent to an activating group) is 1. The van der Waals surface area contributed by atoms with Gasteiger partial charge in [0, 0.05) is 24.4 Å². The van der Waals surface area contributed by atoms with E-state index in [9.17, 15) is 28.5 Å². The molecule has 0 aliphatic carbocycles. The van der Waals surface area contributed by atoms with Gasteiger partial charge >= 0.3 is 5.76 Å². The van der Waals surface area contributed by atoms with Gasteiger partial charge in [-0.1, -0.05) is 0 Å². The van der Waals surface area contributed by atoms with E-state index in [1.54, 1.807) is 6.92 Å². The van der Waals surface area contributed by atoms with Crippen LogP contribution >= 0.6 is 0 Å². The average molecular weight is 377 g/mol. The van der Waals surface area contributed by atoms with Crippen molar-refractivity contribution in [2.45, 2.75) is 13.5 Å². The molecule has 0 saturated carbocycles. The highest BCUT2D eigenvalue weighted by Crippen LogP contribution is 2.21. The van der Waals surface area contributed by atoms with Gasteiger partial charge in [0.1, 0.15) is 6.54 Å². The van der Waals surface area contributed by atoms with E-state index < -0.39 is 34.8 Å². The van der Waals surface area contributed by atoms with Crippen molar-refractivity contribution >= 4 is 28.4 Å². The first-order valence-electron chi connectivity index (χ1n) is 7.85. The van der Waals surface area contributed by atoms with Crippen molar-refractivity contribution in [1.82, 2.24) is 4.57 Å². The number of aromatic nitrogens is 1. The van der Waals surface area contributed by atoms with Crippen LogP contribution in [0.4, 0.5) is 20.2 Å². The first-order chi connectivity index (χ1) is 12.8. The largest absolute Gasteiger partial charge is 0.420 e. The van der Waals surface area contributed by atoms with Crippen molar-refractivity contribution in [1.29, 1.82) is 0 Å². The van der Waals surface area contributed by atoms with Crippen molar-refractivity contribution in [3.05, 3.63) is 68.7 Å². The van der Waals surface area contributed by atoms with Gasteiger partial charge in [0.2, 0.25) is 5.91 Å². The predicted molar refractivity (Wildman–Crippen MR) is 91.5 cm³/mol. The highest BCUT2D eigenvalue weighted by atomic mass is 19.2. The summed E-state index contributed by atoms with van der Waals surface area (Å²) in [5, 5.41) is 10.8. The lowest BCUT2D eigenvalue weighted by molar-refractivity contribution is -0.384. The number of hydrogen-bond donors (Lipinski definition) is 0. The molecule has 1 heterocycles. The number of carbonyl (C=O) groups is 1. The fourth-order valence-electron chi connectivity index (χ4n) is 2.69. The van der Waals surface area contributed by atoms with Gasteiger partial charge in [0.05, 0.1) is 16.5 Å². The van der Waals surface area contributed by atoms with E-state index in [1.165, 1.54) is 23.1 Å². The van der Waals surface area contributed by atoms with E-state index >= 15 is 0 Å². The van der Waals surface area contributed by atoms with Crippen LogP contribution in [0.2, 0.25) is 0 Å². The first kappa shape index (κ1) is 18.2. The number of nitrogens with zero attached hydrogens (tertiary/aromatic N) is 3. The van der Waals surface area contributed by atoms with Crippen molar-refractivity contribution in [2.24, 2.45) is 0 Å². The van der Waals surface area contributed by atoms with Crippen LogP contribution in [-0.4, -0.2) is 21.9 Å². The van der Waals surface area contributed by atoms with E-state index in [-0.39, 0.29) is 29.0 Å². The minimum absolute atomic E-state index is 0.0297. The molecule has 1 aromatic heterocycles. The second kappa shape index (κ2) is 6.98. The molecule has 3 rings (SSSR count). The molecule has 1 amide bonds. The number of anilines is 1. The Morgan fingerprint density at radius 3 is 2.59 bits per heavy atom. The molecule has 10 heteroatoms. The van der Waals surface area contributed by atoms with Crippen LogP contribution in [0.1, 0.15) is 6.92 Å². The summed E-state index contributed by atoms with van der Waals surface area (Å²) in [7, 11) is 0. The Morgan fingerprint density at radius 1 is 1.22 bits per heavy atom. The molecule has 0 aliphatic heterocycles. The Kier molecular flexibility index (Phi) is 4.72. The maximum absolute atomic E-state index is 13.5. The topological polar surface area (TPSA) is 98.6 Å². The number of rotatable bonds is 5. The molecule has 0 spiro atoms. The van der Waals surface area contributed by atoms with Crippen molar-refractivity contribution in [3.63, 3.8) is 0 Å². The minimum atomic E-state index is -1.10. The maximum Gasteiger partial charge on any atom is 0.420 e. The SMILES string of the molecule is CCN(C(=O)Cn1c(=O)oc2cc([N+](=O)[O-])ccc21)c1ccc(F)c(F)c1. The number of benzene rings is 2. The van der Waals surface area contributed by atoms with Gasteiger partial charge in [-0.15, -0.1) is 0 Å². The van der Waals surface area contributed by atoms with Gasteiger partial charge in [-0.25, -0.2) is 13.6 Å². The Balaban J connectivity index is 1.94. The van der Waals surface area contributed by atoms with Gasteiger partial charge < -0.3 is 9.32 Å². The lowest BCUT2D eigenvalue weighted by Gasteiger charge is -2.21. The summed E-state index contributed by atoms with van der Waals surface area (Å²) >= 11 is 0. The normalized spacial score (nSPS) is 10.9. The number of fused-ring (bicyclic) bond motifs is 1. The van der Waals surface area contributed by atoms with Crippen LogP contribution in [0.25, 0.3) is 11.1 Å². The molecular formula is C17H13F2N3O5. The number of non-ortho nitro benzene ring substituents is 1. The maximum atomic E-state index is 13.5. The summed E-state index contributed by atoms with van der Waals surface area (Å²) in [5.41, 5.74) is 0.0581. The smallest absolute Gasteiger partial charge is 0.407 e. The summed E-state index contributed by atoms with van der Waals surface area (Å²) in [5.74, 6) is -3.57. The number of halogens is 2. The minimum Gasteiger partial charge on any atom is -0.407 e. The zero-order chi connectivity index (χ0) is 19.7. The van der Waals surface area contributed by atoms with Gasteiger partial charge in [-0.2, -0.15) is 0 Å². The van der Waals surface area contributed by atoms with E-state index in [1.807, 2.05) is 0 Å². The number of nitro groups is 1. The number of carbonyl (C=O) groups excluding carboxylic acids is 1. The second-order valence-corrected chi connectivity index (χ2v) is 5.60. The molecule has 0 fully saturated rings. The number of hydrogen-bond acceptors (Lipinski definition) is 5. The molecule has 2 aromatic carbocycles.